The van der Waals surface area contributed by atoms with E-state index in [0.717, 1.165) is 57.8 Å². The number of carbonyl (C=O) groups excluding carboxylic acids is 1. The van der Waals surface area contributed by atoms with Gasteiger partial charge in [0.15, 0.2) is 0 Å². The van der Waals surface area contributed by atoms with Gasteiger partial charge >= 0.3 is 7.82 Å². The van der Waals surface area contributed by atoms with E-state index in [9.17, 15) is 19.4 Å². The molecule has 258 valence electrons. The number of phosphoric acid groups is 1. The highest BCUT2D eigenvalue weighted by Crippen LogP contribution is 2.43. The minimum atomic E-state index is -4.31. The summed E-state index contributed by atoms with van der Waals surface area (Å²) in [6.07, 6.45) is 31.0. The molecule has 3 N–H and O–H groups in total. The first-order valence-corrected chi connectivity index (χ1v) is 18.9. The normalized spacial score (nSPS) is 15.3. The number of allylic oxidation sites excluding steroid dienone is 5. The molecular weight excluding hydrogens is 575 g/mol. The zero-order valence-electron chi connectivity index (χ0n) is 28.9. The predicted molar refractivity (Wildman–Crippen MR) is 184 cm³/mol. The van der Waals surface area contributed by atoms with Crippen LogP contribution in [0.1, 0.15) is 129 Å². The predicted octanol–water partition coefficient (Wildman–Crippen LogP) is 8.40. The third kappa shape index (κ3) is 29.4. The second kappa shape index (κ2) is 28.0. The van der Waals surface area contributed by atoms with Crippen LogP contribution in [0.3, 0.4) is 0 Å². The van der Waals surface area contributed by atoms with Gasteiger partial charge in [0.1, 0.15) is 13.2 Å². The van der Waals surface area contributed by atoms with Gasteiger partial charge in [0.05, 0.1) is 39.9 Å². The van der Waals surface area contributed by atoms with Crippen molar-refractivity contribution in [3.8, 4) is 0 Å². The molecule has 0 aliphatic carbocycles. The number of nitrogens with one attached hydrogen (secondary N) is 1. The molecule has 0 aromatic carbocycles. The number of likely N-dealkylation sites (N-methyl/N-ethyl adjacent to an activating group) is 1. The van der Waals surface area contributed by atoms with Crippen molar-refractivity contribution < 1.29 is 32.9 Å². The van der Waals surface area contributed by atoms with Gasteiger partial charge in [-0.3, -0.25) is 13.8 Å². The second-order valence-electron chi connectivity index (χ2n) is 12.9. The zero-order valence-corrected chi connectivity index (χ0v) is 29.8. The van der Waals surface area contributed by atoms with Crippen molar-refractivity contribution in [2.24, 2.45) is 0 Å². The molecule has 9 heteroatoms. The lowest BCUT2D eigenvalue weighted by Crippen LogP contribution is -2.45. The highest BCUT2D eigenvalue weighted by Gasteiger charge is 2.27. The van der Waals surface area contributed by atoms with Crippen LogP contribution in [-0.4, -0.2) is 73.4 Å². The minimum absolute atomic E-state index is 0.0579. The molecule has 44 heavy (non-hydrogen) atoms. The molecule has 0 aromatic heterocycles. The molecule has 0 rings (SSSR count). The molecular formula is C35H68N2O6P+. The molecule has 3 atom stereocenters. The van der Waals surface area contributed by atoms with E-state index in [-0.39, 0.29) is 19.1 Å². The summed E-state index contributed by atoms with van der Waals surface area (Å²) in [6, 6.07) is -0.844. The minimum Gasteiger partial charge on any atom is -0.387 e. The van der Waals surface area contributed by atoms with Gasteiger partial charge in [-0.05, 0) is 51.4 Å². The van der Waals surface area contributed by atoms with E-state index in [1.54, 1.807) is 6.08 Å². The van der Waals surface area contributed by atoms with Crippen molar-refractivity contribution in [1.29, 1.82) is 0 Å². The number of carbonyl (C=O) groups is 1. The summed E-state index contributed by atoms with van der Waals surface area (Å²) in [5, 5.41) is 13.5. The summed E-state index contributed by atoms with van der Waals surface area (Å²) in [5.74, 6) is -0.196. The van der Waals surface area contributed by atoms with Crippen molar-refractivity contribution in [3.05, 3.63) is 36.5 Å². The van der Waals surface area contributed by atoms with Gasteiger partial charge in [-0.25, -0.2) is 4.57 Å². The maximum absolute atomic E-state index is 12.7. The Morgan fingerprint density at radius 1 is 0.773 bits per heavy atom. The maximum atomic E-state index is 12.7. The Hall–Kier alpha value is -1.28. The SMILES string of the molecule is CCCCC/C=C\C/C=C\CCCCCCCCCC(=O)NC(COP(=O)(O)OCC[N+](C)(C)C)C(O)/C=C/CCCCC. The average molecular weight is 644 g/mol. The number of aliphatic hydroxyl groups excluding tert-OH is 1. The van der Waals surface area contributed by atoms with Crippen molar-refractivity contribution in [3.63, 3.8) is 0 Å². The Kier molecular flexibility index (Phi) is 27.2. The smallest absolute Gasteiger partial charge is 0.387 e. The topological polar surface area (TPSA) is 105 Å². The van der Waals surface area contributed by atoms with Crippen LogP contribution >= 0.6 is 7.82 Å². The van der Waals surface area contributed by atoms with Crippen LogP contribution < -0.4 is 5.32 Å². The molecule has 1 amide bonds. The van der Waals surface area contributed by atoms with Crippen LogP contribution in [0.15, 0.2) is 36.5 Å². The van der Waals surface area contributed by atoms with Crippen LogP contribution in [0.4, 0.5) is 0 Å². The summed E-state index contributed by atoms with van der Waals surface area (Å²) < 4.78 is 23.2. The Morgan fingerprint density at radius 3 is 1.86 bits per heavy atom. The Bertz CT molecular complexity index is 825. The van der Waals surface area contributed by atoms with Gasteiger partial charge in [0.25, 0.3) is 0 Å². The molecule has 0 radical (unpaired) electrons. The highest BCUT2D eigenvalue weighted by atomic mass is 31.2. The van der Waals surface area contributed by atoms with E-state index in [4.69, 9.17) is 9.05 Å². The molecule has 0 aliphatic heterocycles. The van der Waals surface area contributed by atoms with E-state index < -0.39 is 20.0 Å². The lowest BCUT2D eigenvalue weighted by atomic mass is 10.1. The van der Waals surface area contributed by atoms with E-state index in [0.29, 0.717) is 17.4 Å². The highest BCUT2D eigenvalue weighted by molar-refractivity contribution is 7.47. The number of hydrogen-bond acceptors (Lipinski definition) is 5. The average Bonchev–Trinajstić information content (AvgIpc) is 2.95. The van der Waals surface area contributed by atoms with Crippen LogP contribution in [0, 0.1) is 0 Å². The number of amides is 1. The van der Waals surface area contributed by atoms with Crippen molar-refractivity contribution in [2.45, 2.75) is 142 Å². The monoisotopic (exact) mass is 643 g/mol. The fourth-order valence-electron chi connectivity index (χ4n) is 4.48. The van der Waals surface area contributed by atoms with Gasteiger partial charge in [0.2, 0.25) is 5.91 Å². The van der Waals surface area contributed by atoms with Crippen LogP contribution in [0.5, 0.6) is 0 Å². The standard InChI is InChI=1S/C35H67N2O6P/c1-6-8-10-12-13-14-15-16-17-18-19-20-21-22-23-25-27-29-35(39)36-33(34(38)28-26-24-11-9-7-2)32-43-44(40,41)42-31-30-37(3,4)5/h13-14,16-17,26,28,33-34,38H,6-12,15,18-25,27,29-32H2,1-5H3,(H-,36,39,40,41)/p+1/b14-13-,17-16-,28-26+. The molecule has 0 saturated carbocycles. The van der Waals surface area contributed by atoms with E-state index in [1.807, 2.05) is 27.2 Å². The van der Waals surface area contributed by atoms with Crippen LogP contribution in [-0.2, 0) is 18.4 Å². The molecule has 0 heterocycles. The molecule has 3 unspecified atom stereocenters. The van der Waals surface area contributed by atoms with E-state index in [2.05, 4.69) is 43.5 Å². The second-order valence-corrected chi connectivity index (χ2v) is 14.3. The molecule has 0 fully saturated rings. The van der Waals surface area contributed by atoms with Gasteiger partial charge in [-0.2, -0.15) is 0 Å². The van der Waals surface area contributed by atoms with Crippen LogP contribution in [0.2, 0.25) is 0 Å². The number of phosphoric ester groups is 1. The first kappa shape index (κ1) is 42.7. The number of unbranched alkanes of at least 4 members (excludes halogenated alkanes) is 13. The van der Waals surface area contributed by atoms with Gasteiger partial charge in [0, 0.05) is 6.42 Å². The summed E-state index contributed by atoms with van der Waals surface area (Å²) >= 11 is 0. The van der Waals surface area contributed by atoms with E-state index in [1.165, 1.54) is 51.4 Å². The lowest BCUT2D eigenvalue weighted by molar-refractivity contribution is -0.870. The number of nitrogens with zero attached hydrogens (tertiary/aromatic N) is 1. The van der Waals surface area contributed by atoms with Gasteiger partial charge in [-0.15, -0.1) is 0 Å². The Balaban J connectivity index is 4.34. The summed E-state index contributed by atoms with van der Waals surface area (Å²) in [5.41, 5.74) is 0. The lowest BCUT2D eigenvalue weighted by Gasteiger charge is -2.25. The van der Waals surface area contributed by atoms with Crippen molar-refractivity contribution >= 4 is 13.7 Å². The van der Waals surface area contributed by atoms with Crippen molar-refractivity contribution in [1.82, 2.24) is 5.32 Å². The molecule has 0 aromatic rings. The first-order valence-electron chi connectivity index (χ1n) is 17.4. The quantitative estimate of drug-likeness (QED) is 0.0314. The Morgan fingerprint density at radius 2 is 1.30 bits per heavy atom. The Labute approximate surface area is 270 Å². The van der Waals surface area contributed by atoms with E-state index >= 15 is 0 Å². The van der Waals surface area contributed by atoms with Gasteiger partial charge in [-0.1, -0.05) is 108 Å². The molecule has 0 saturated heterocycles. The summed E-state index contributed by atoms with van der Waals surface area (Å²) in [6.45, 7) is 4.63. The first-order chi connectivity index (χ1) is 21.0. The number of rotatable bonds is 30. The number of hydrogen-bond donors (Lipinski definition) is 3. The summed E-state index contributed by atoms with van der Waals surface area (Å²) in [7, 11) is 1.55. The fraction of sp³-hybridized carbons (Fsp3) is 0.800. The number of aliphatic hydroxyl groups is 1. The van der Waals surface area contributed by atoms with Crippen molar-refractivity contribution in [2.75, 3.05) is 40.9 Å². The largest absolute Gasteiger partial charge is 0.472 e. The van der Waals surface area contributed by atoms with Gasteiger partial charge < -0.3 is 19.8 Å². The number of quaternary nitrogens is 1. The molecule has 0 spiro atoms. The third-order valence-electron chi connectivity index (χ3n) is 7.35. The fourth-order valence-corrected chi connectivity index (χ4v) is 5.21. The zero-order chi connectivity index (χ0) is 32.9. The molecule has 0 aliphatic rings. The maximum Gasteiger partial charge on any atom is 0.472 e. The summed E-state index contributed by atoms with van der Waals surface area (Å²) in [4.78, 5) is 22.8. The molecule has 0 bridgehead atoms. The molecule has 8 nitrogen and oxygen atoms in total. The van der Waals surface area contributed by atoms with Crippen LogP contribution in [0.25, 0.3) is 0 Å². The third-order valence-corrected chi connectivity index (χ3v) is 8.34.